The zero-order chi connectivity index (χ0) is 13.5. The highest BCUT2D eigenvalue weighted by atomic mass is 19.1. The van der Waals surface area contributed by atoms with Crippen molar-refractivity contribution in [1.82, 2.24) is 14.8 Å². The molecule has 0 fully saturated rings. The van der Waals surface area contributed by atoms with Crippen LogP contribution in [0.5, 0.6) is 0 Å². The number of hydrogen-bond donors (Lipinski definition) is 1. The van der Waals surface area contributed by atoms with Crippen molar-refractivity contribution in [3.05, 3.63) is 35.9 Å². The molecule has 1 aliphatic rings. The highest BCUT2D eigenvalue weighted by Crippen LogP contribution is 2.32. The van der Waals surface area contributed by atoms with Gasteiger partial charge in [-0.1, -0.05) is 6.92 Å². The average Bonchev–Trinajstić information content (AvgIpc) is 2.82. The summed E-state index contributed by atoms with van der Waals surface area (Å²) in [5.41, 5.74) is 2.48. The third kappa shape index (κ3) is 2.26. The summed E-state index contributed by atoms with van der Waals surface area (Å²) in [5, 5.41) is 13.9. The molecule has 0 spiro atoms. The zero-order valence-corrected chi connectivity index (χ0v) is 10.8. The molecule has 2 aromatic heterocycles. The van der Waals surface area contributed by atoms with E-state index in [0.29, 0.717) is 12.2 Å². The van der Waals surface area contributed by atoms with Crippen LogP contribution >= 0.6 is 0 Å². The lowest BCUT2D eigenvalue weighted by Crippen LogP contribution is -2.33. The van der Waals surface area contributed by atoms with Gasteiger partial charge in [-0.05, 0) is 31.0 Å². The summed E-state index contributed by atoms with van der Waals surface area (Å²) in [4.78, 5) is 4.05. The second-order valence-electron chi connectivity index (χ2n) is 5.51. The Bertz CT molecular complexity index is 593. The predicted molar refractivity (Wildman–Crippen MR) is 68.9 cm³/mol. The van der Waals surface area contributed by atoms with Gasteiger partial charge in [0.1, 0.15) is 11.5 Å². The topological polar surface area (TPSA) is 50.9 Å². The first-order valence-corrected chi connectivity index (χ1v) is 6.39. The fourth-order valence-electron chi connectivity index (χ4n) is 2.45. The molecule has 5 heteroatoms. The Hall–Kier alpha value is -1.75. The molecule has 0 saturated heterocycles. The van der Waals surface area contributed by atoms with E-state index >= 15 is 0 Å². The van der Waals surface area contributed by atoms with Crippen LogP contribution < -0.4 is 0 Å². The third-order valence-corrected chi connectivity index (χ3v) is 3.75. The number of aromatic nitrogens is 3. The van der Waals surface area contributed by atoms with Gasteiger partial charge in [-0.25, -0.2) is 4.39 Å². The van der Waals surface area contributed by atoms with Crippen molar-refractivity contribution in [2.45, 2.75) is 26.3 Å². The summed E-state index contributed by atoms with van der Waals surface area (Å²) in [6, 6.07) is 5.02. The van der Waals surface area contributed by atoms with Gasteiger partial charge in [0, 0.05) is 17.7 Å². The third-order valence-electron chi connectivity index (χ3n) is 3.75. The van der Waals surface area contributed by atoms with Gasteiger partial charge in [0.2, 0.25) is 0 Å². The van der Waals surface area contributed by atoms with Crippen LogP contribution in [0.2, 0.25) is 0 Å². The summed E-state index contributed by atoms with van der Waals surface area (Å²) in [5.74, 6) is -0.347. The molecule has 1 aliphatic heterocycles. The molecule has 1 atom stereocenters. The lowest BCUT2D eigenvalue weighted by atomic mass is 9.83. The molecule has 100 valence electrons. The maximum absolute atomic E-state index is 12.9. The van der Waals surface area contributed by atoms with Crippen molar-refractivity contribution in [3.63, 3.8) is 0 Å². The molecular weight excluding hydrogens is 245 g/mol. The van der Waals surface area contributed by atoms with Gasteiger partial charge in [0.15, 0.2) is 0 Å². The number of rotatable bonds is 2. The van der Waals surface area contributed by atoms with Gasteiger partial charge in [-0.2, -0.15) is 5.10 Å². The van der Waals surface area contributed by atoms with E-state index in [2.05, 4.69) is 17.0 Å². The van der Waals surface area contributed by atoms with Crippen LogP contribution in [-0.4, -0.2) is 26.5 Å². The number of hydrogen-bond acceptors (Lipinski definition) is 3. The van der Waals surface area contributed by atoms with Crippen molar-refractivity contribution in [1.29, 1.82) is 0 Å². The molecule has 19 heavy (non-hydrogen) atoms. The van der Waals surface area contributed by atoms with Gasteiger partial charge in [0.05, 0.1) is 18.5 Å². The first-order valence-electron chi connectivity index (χ1n) is 6.39. The van der Waals surface area contributed by atoms with Crippen molar-refractivity contribution in [2.24, 2.45) is 5.41 Å². The van der Waals surface area contributed by atoms with Gasteiger partial charge in [-0.15, -0.1) is 0 Å². The molecule has 3 heterocycles. The minimum absolute atomic E-state index is 0.105. The van der Waals surface area contributed by atoms with Crippen LogP contribution in [0.25, 0.3) is 11.4 Å². The van der Waals surface area contributed by atoms with Gasteiger partial charge >= 0.3 is 0 Å². The molecule has 2 aromatic rings. The Morgan fingerprint density at radius 2 is 2.26 bits per heavy atom. The smallest absolute Gasteiger partial charge is 0.141 e. The standard InChI is InChI=1S/C14H16FN3O/c1-14(9-19)5-4-11-6-13(17-18(11)8-14)12-3-2-10(15)7-16-12/h2-3,6-7,19H,4-5,8-9H2,1H3. The molecule has 4 nitrogen and oxygen atoms in total. The molecule has 0 amide bonds. The van der Waals surface area contributed by atoms with Crippen LogP contribution in [0.1, 0.15) is 19.0 Å². The monoisotopic (exact) mass is 261 g/mol. The van der Waals surface area contributed by atoms with Crippen LogP contribution in [0.4, 0.5) is 4.39 Å². The Balaban J connectivity index is 1.93. The minimum Gasteiger partial charge on any atom is -0.396 e. The molecule has 0 aliphatic carbocycles. The lowest BCUT2D eigenvalue weighted by molar-refractivity contribution is 0.0959. The molecule has 0 saturated carbocycles. The number of aliphatic hydroxyl groups excluding tert-OH is 1. The van der Waals surface area contributed by atoms with Crippen molar-refractivity contribution in [2.75, 3.05) is 6.61 Å². The Morgan fingerprint density at radius 3 is 2.95 bits per heavy atom. The molecule has 0 bridgehead atoms. The summed E-state index contributed by atoms with van der Waals surface area (Å²) in [6.07, 6.45) is 3.04. The molecule has 1 N–H and O–H groups in total. The van der Waals surface area contributed by atoms with E-state index in [4.69, 9.17) is 0 Å². The van der Waals surface area contributed by atoms with Crippen molar-refractivity contribution < 1.29 is 9.50 Å². The second-order valence-corrected chi connectivity index (χ2v) is 5.51. The number of aryl methyl sites for hydroxylation is 1. The molecule has 0 aromatic carbocycles. The second kappa shape index (κ2) is 4.42. The van der Waals surface area contributed by atoms with Crippen LogP contribution in [-0.2, 0) is 13.0 Å². The van der Waals surface area contributed by atoms with Crippen LogP contribution in [0, 0.1) is 11.2 Å². The van der Waals surface area contributed by atoms with E-state index in [1.807, 2.05) is 10.7 Å². The van der Waals surface area contributed by atoms with Gasteiger partial charge in [0.25, 0.3) is 0 Å². The van der Waals surface area contributed by atoms with E-state index in [9.17, 15) is 9.50 Å². The maximum Gasteiger partial charge on any atom is 0.141 e. The summed E-state index contributed by atoms with van der Waals surface area (Å²) in [7, 11) is 0. The van der Waals surface area contributed by atoms with E-state index < -0.39 is 0 Å². The van der Waals surface area contributed by atoms with Crippen LogP contribution in [0.3, 0.4) is 0 Å². The van der Waals surface area contributed by atoms with Crippen molar-refractivity contribution in [3.8, 4) is 11.4 Å². The highest BCUT2D eigenvalue weighted by Gasteiger charge is 2.30. The number of fused-ring (bicyclic) bond motifs is 1. The lowest BCUT2D eigenvalue weighted by Gasteiger charge is -2.32. The Kier molecular flexibility index (Phi) is 2.86. The SMILES string of the molecule is CC1(CO)CCc2cc(-c3ccc(F)cn3)nn2C1. The molecule has 3 rings (SSSR count). The number of halogens is 1. The molecule has 0 radical (unpaired) electrons. The largest absolute Gasteiger partial charge is 0.396 e. The van der Waals surface area contributed by atoms with Crippen molar-refractivity contribution >= 4 is 0 Å². The number of aliphatic hydroxyl groups is 1. The Labute approximate surface area is 110 Å². The van der Waals surface area contributed by atoms with Gasteiger partial charge < -0.3 is 5.11 Å². The zero-order valence-electron chi connectivity index (χ0n) is 10.8. The van der Waals surface area contributed by atoms with E-state index in [0.717, 1.165) is 24.2 Å². The van der Waals surface area contributed by atoms with Gasteiger partial charge in [-0.3, -0.25) is 9.67 Å². The quantitative estimate of drug-likeness (QED) is 0.900. The minimum atomic E-state index is -0.347. The average molecular weight is 261 g/mol. The number of nitrogens with zero attached hydrogens (tertiary/aromatic N) is 3. The fraction of sp³-hybridized carbons (Fsp3) is 0.429. The fourth-order valence-corrected chi connectivity index (χ4v) is 2.45. The highest BCUT2D eigenvalue weighted by molar-refractivity contribution is 5.54. The summed E-state index contributed by atoms with van der Waals surface area (Å²) in [6.45, 7) is 2.93. The first-order chi connectivity index (χ1) is 9.09. The first kappa shape index (κ1) is 12.3. The molecular formula is C14H16FN3O. The predicted octanol–water partition coefficient (Wildman–Crippen LogP) is 2.03. The number of pyridine rings is 1. The van der Waals surface area contributed by atoms with E-state index in [1.54, 1.807) is 6.07 Å². The van der Waals surface area contributed by atoms with E-state index in [-0.39, 0.29) is 17.8 Å². The normalized spacial score (nSPS) is 22.3. The molecule has 1 unspecified atom stereocenters. The summed E-state index contributed by atoms with van der Waals surface area (Å²) < 4.78 is 14.8. The Morgan fingerprint density at radius 1 is 1.42 bits per heavy atom. The maximum atomic E-state index is 12.9. The van der Waals surface area contributed by atoms with Crippen LogP contribution in [0.15, 0.2) is 24.4 Å². The van der Waals surface area contributed by atoms with E-state index in [1.165, 1.54) is 12.3 Å². The summed E-state index contributed by atoms with van der Waals surface area (Å²) >= 11 is 0.